The average molecular weight is 292 g/mol. The number of thiophene rings is 1. The minimum Gasteiger partial charge on any atom is -0.377 e. The van der Waals surface area contributed by atoms with E-state index in [1.807, 2.05) is 7.05 Å². The predicted octanol–water partition coefficient (Wildman–Crippen LogP) is 3.59. The molecule has 0 fully saturated rings. The van der Waals surface area contributed by atoms with Crippen LogP contribution in [0.1, 0.15) is 31.9 Å². The number of nitrogens with one attached hydrogen (secondary N) is 1. The Kier molecular flexibility index (Phi) is 4.77. The highest BCUT2D eigenvalue weighted by molar-refractivity contribution is 9.10. The van der Waals surface area contributed by atoms with Gasteiger partial charge in [-0.15, -0.1) is 0 Å². The van der Waals surface area contributed by atoms with Gasteiger partial charge in [-0.2, -0.15) is 11.3 Å². The first-order valence-electron chi connectivity index (χ1n) is 5.03. The maximum atomic E-state index is 5.64. The molecule has 0 radical (unpaired) electrons. The van der Waals surface area contributed by atoms with Gasteiger partial charge in [-0.05, 0) is 47.3 Å². The summed E-state index contributed by atoms with van der Waals surface area (Å²) in [6.45, 7) is 4.28. The first-order chi connectivity index (χ1) is 7.09. The van der Waals surface area contributed by atoms with Crippen LogP contribution < -0.4 is 5.32 Å². The summed E-state index contributed by atoms with van der Waals surface area (Å²) < 4.78 is 6.80. The predicted molar refractivity (Wildman–Crippen MR) is 69.5 cm³/mol. The minimum atomic E-state index is -0.168. The second-order valence-corrected chi connectivity index (χ2v) is 5.37. The summed E-state index contributed by atoms with van der Waals surface area (Å²) in [4.78, 5) is 0. The van der Waals surface area contributed by atoms with Crippen molar-refractivity contribution in [3.63, 3.8) is 0 Å². The van der Waals surface area contributed by atoms with Gasteiger partial charge in [-0.1, -0.05) is 6.92 Å². The van der Waals surface area contributed by atoms with Gasteiger partial charge in [0, 0.05) is 17.0 Å². The number of likely N-dealkylation sites (N-methyl/N-ethyl adjacent to an activating group) is 1. The van der Waals surface area contributed by atoms with Crippen molar-refractivity contribution >= 4 is 27.3 Å². The van der Waals surface area contributed by atoms with Crippen LogP contribution in [0.2, 0.25) is 0 Å². The van der Waals surface area contributed by atoms with Crippen LogP contribution >= 0.6 is 27.3 Å². The Morgan fingerprint density at radius 2 is 2.27 bits per heavy atom. The van der Waals surface area contributed by atoms with Crippen molar-refractivity contribution in [1.29, 1.82) is 0 Å². The summed E-state index contributed by atoms with van der Waals surface area (Å²) >= 11 is 5.28. The summed E-state index contributed by atoms with van der Waals surface area (Å²) in [6.07, 6.45) is 0.970. The van der Waals surface area contributed by atoms with Gasteiger partial charge in [0.2, 0.25) is 0 Å². The molecule has 0 aromatic carbocycles. The second-order valence-electron chi connectivity index (χ2n) is 3.77. The maximum Gasteiger partial charge on any atom is 0.0842 e. The third-order valence-corrected chi connectivity index (χ3v) is 4.77. The number of halogens is 1. The molecule has 0 aliphatic carbocycles. The van der Waals surface area contributed by atoms with Crippen LogP contribution in [-0.4, -0.2) is 19.8 Å². The zero-order valence-corrected chi connectivity index (χ0v) is 12.0. The molecule has 0 aliphatic heterocycles. The highest BCUT2D eigenvalue weighted by Gasteiger charge is 2.34. The number of rotatable bonds is 5. The largest absolute Gasteiger partial charge is 0.377 e. The minimum absolute atomic E-state index is 0.168. The van der Waals surface area contributed by atoms with E-state index < -0.39 is 0 Å². The number of hydrogen-bond acceptors (Lipinski definition) is 3. The van der Waals surface area contributed by atoms with E-state index in [4.69, 9.17) is 4.74 Å². The normalized spacial score (nSPS) is 17.4. The number of methoxy groups -OCH3 is 1. The third kappa shape index (κ3) is 2.61. The molecule has 2 nitrogen and oxygen atoms in total. The Hall–Kier alpha value is 0.100. The number of ether oxygens (including phenoxy) is 1. The lowest BCUT2D eigenvalue weighted by Crippen LogP contribution is -2.41. The van der Waals surface area contributed by atoms with Crippen LogP contribution in [-0.2, 0) is 4.74 Å². The van der Waals surface area contributed by atoms with E-state index in [1.54, 1.807) is 18.4 Å². The molecule has 86 valence electrons. The molecule has 0 amide bonds. The molecule has 1 N–H and O–H groups in total. The fourth-order valence-electron chi connectivity index (χ4n) is 1.75. The molecular formula is C11H18BrNOS. The van der Waals surface area contributed by atoms with E-state index in [-0.39, 0.29) is 11.6 Å². The lowest BCUT2D eigenvalue weighted by Gasteiger charge is -2.35. The van der Waals surface area contributed by atoms with E-state index >= 15 is 0 Å². The SMILES string of the molecule is CCC(C)(OC)C(NC)c1cscc1Br. The van der Waals surface area contributed by atoms with Crippen LogP contribution in [0.15, 0.2) is 15.2 Å². The van der Waals surface area contributed by atoms with Gasteiger partial charge in [0.1, 0.15) is 0 Å². The van der Waals surface area contributed by atoms with Gasteiger partial charge in [0.15, 0.2) is 0 Å². The summed E-state index contributed by atoms with van der Waals surface area (Å²) in [5.41, 5.74) is 1.10. The summed E-state index contributed by atoms with van der Waals surface area (Å²) in [7, 11) is 3.75. The Bertz CT molecular complexity index is 309. The summed E-state index contributed by atoms with van der Waals surface area (Å²) in [5, 5.41) is 7.61. The maximum absolute atomic E-state index is 5.64. The van der Waals surface area contributed by atoms with E-state index in [9.17, 15) is 0 Å². The van der Waals surface area contributed by atoms with Crippen molar-refractivity contribution in [2.45, 2.75) is 31.9 Å². The quantitative estimate of drug-likeness (QED) is 0.895. The van der Waals surface area contributed by atoms with Gasteiger partial charge in [0.05, 0.1) is 11.6 Å². The number of hydrogen-bond donors (Lipinski definition) is 1. The topological polar surface area (TPSA) is 21.3 Å². The lowest BCUT2D eigenvalue weighted by atomic mass is 9.89. The highest BCUT2D eigenvalue weighted by Crippen LogP contribution is 2.36. The highest BCUT2D eigenvalue weighted by atomic mass is 79.9. The molecule has 0 bridgehead atoms. The van der Waals surface area contributed by atoms with Crippen molar-refractivity contribution in [3.8, 4) is 0 Å². The molecule has 0 aliphatic rings. The molecule has 4 heteroatoms. The van der Waals surface area contributed by atoms with Crippen molar-refractivity contribution in [2.24, 2.45) is 0 Å². The standard InChI is InChI=1S/C11H18BrNOS/c1-5-11(2,14-4)10(13-3)8-6-15-7-9(8)12/h6-7,10,13H,5H2,1-4H3. The fourth-order valence-corrected chi connectivity index (χ4v) is 3.31. The first-order valence-corrected chi connectivity index (χ1v) is 6.76. The lowest BCUT2D eigenvalue weighted by molar-refractivity contribution is -0.0281. The van der Waals surface area contributed by atoms with Crippen LogP contribution in [0.3, 0.4) is 0 Å². The molecule has 1 aromatic rings. The van der Waals surface area contributed by atoms with E-state index in [1.165, 1.54) is 5.56 Å². The van der Waals surface area contributed by atoms with Crippen LogP contribution in [0.4, 0.5) is 0 Å². The smallest absolute Gasteiger partial charge is 0.0842 e. The first kappa shape index (κ1) is 13.2. The van der Waals surface area contributed by atoms with Gasteiger partial charge in [-0.3, -0.25) is 0 Å². The van der Waals surface area contributed by atoms with Crippen molar-refractivity contribution in [3.05, 3.63) is 20.8 Å². The molecule has 0 spiro atoms. The molecule has 1 aromatic heterocycles. The Morgan fingerprint density at radius 1 is 1.60 bits per heavy atom. The zero-order chi connectivity index (χ0) is 11.5. The van der Waals surface area contributed by atoms with E-state index in [2.05, 4.69) is 45.9 Å². The molecule has 0 saturated heterocycles. The van der Waals surface area contributed by atoms with Gasteiger partial charge >= 0.3 is 0 Å². The Balaban J connectivity index is 3.03. The summed E-state index contributed by atoms with van der Waals surface area (Å²) in [5.74, 6) is 0. The van der Waals surface area contributed by atoms with Crippen LogP contribution in [0.25, 0.3) is 0 Å². The van der Waals surface area contributed by atoms with Crippen LogP contribution in [0, 0.1) is 0 Å². The Labute approximate surface area is 104 Å². The monoisotopic (exact) mass is 291 g/mol. The van der Waals surface area contributed by atoms with E-state index in [0.717, 1.165) is 10.9 Å². The van der Waals surface area contributed by atoms with E-state index in [0.29, 0.717) is 0 Å². The van der Waals surface area contributed by atoms with Crippen molar-refractivity contribution in [2.75, 3.05) is 14.2 Å². The molecule has 15 heavy (non-hydrogen) atoms. The van der Waals surface area contributed by atoms with Crippen LogP contribution in [0.5, 0.6) is 0 Å². The molecular weight excluding hydrogens is 274 g/mol. The fraction of sp³-hybridized carbons (Fsp3) is 0.636. The third-order valence-electron chi connectivity index (χ3n) is 3.02. The zero-order valence-electron chi connectivity index (χ0n) is 9.63. The Morgan fingerprint density at radius 3 is 2.60 bits per heavy atom. The van der Waals surface area contributed by atoms with Gasteiger partial charge in [0.25, 0.3) is 0 Å². The van der Waals surface area contributed by atoms with Gasteiger partial charge < -0.3 is 10.1 Å². The van der Waals surface area contributed by atoms with Crippen molar-refractivity contribution in [1.82, 2.24) is 5.32 Å². The van der Waals surface area contributed by atoms with Gasteiger partial charge in [-0.25, -0.2) is 0 Å². The molecule has 1 rings (SSSR count). The molecule has 2 atom stereocenters. The summed E-state index contributed by atoms with van der Waals surface area (Å²) in [6, 6.07) is 0.216. The second kappa shape index (κ2) is 5.43. The van der Waals surface area contributed by atoms with Crippen molar-refractivity contribution < 1.29 is 4.74 Å². The molecule has 1 heterocycles. The molecule has 2 unspecified atom stereocenters. The molecule has 0 saturated carbocycles. The average Bonchev–Trinajstić information content (AvgIpc) is 2.66.